The Balaban J connectivity index is 1.78. The van der Waals surface area contributed by atoms with Crippen molar-refractivity contribution >= 4 is 5.91 Å². The van der Waals surface area contributed by atoms with Crippen LogP contribution in [0, 0.1) is 0 Å². The van der Waals surface area contributed by atoms with Crippen LogP contribution in [0.25, 0.3) is 0 Å². The van der Waals surface area contributed by atoms with Crippen molar-refractivity contribution in [2.75, 3.05) is 13.2 Å². The van der Waals surface area contributed by atoms with Crippen LogP contribution in [0.3, 0.4) is 0 Å². The van der Waals surface area contributed by atoms with Gasteiger partial charge >= 0.3 is 0 Å². The Bertz CT molecular complexity index is 460. The maximum absolute atomic E-state index is 13.0. The number of hydrogen-bond acceptors (Lipinski definition) is 4. The van der Waals surface area contributed by atoms with E-state index in [0.29, 0.717) is 38.6 Å². The van der Waals surface area contributed by atoms with E-state index in [2.05, 4.69) is 0 Å². The first-order chi connectivity index (χ1) is 10.2. The van der Waals surface area contributed by atoms with Crippen molar-refractivity contribution in [3.63, 3.8) is 0 Å². The van der Waals surface area contributed by atoms with E-state index in [0.717, 1.165) is 18.6 Å². The van der Waals surface area contributed by atoms with Gasteiger partial charge in [-0.3, -0.25) is 4.79 Å². The van der Waals surface area contributed by atoms with Gasteiger partial charge in [0.25, 0.3) is 0 Å². The first kappa shape index (κ1) is 14.6. The van der Waals surface area contributed by atoms with E-state index < -0.39 is 5.54 Å². The van der Waals surface area contributed by atoms with Gasteiger partial charge in [0.2, 0.25) is 5.91 Å². The summed E-state index contributed by atoms with van der Waals surface area (Å²) in [6, 6.07) is 4.08. The third-order valence-electron chi connectivity index (χ3n) is 4.74. The maximum Gasteiger partial charge on any atom is 0.243 e. The smallest absolute Gasteiger partial charge is 0.243 e. The number of nitrogens with two attached hydrogens (primary N) is 1. The first-order valence-electron chi connectivity index (χ1n) is 7.89. The highest BCUT2D eigenvalue weighted by atomic mass is 16.5. The van der Waals surface area contributed by atoms with E-state index in [-0.39, 0.29) is 5.91 Å². The Hall–Kier alpha value is -1.33. The fourth-order valence-electron chi connectivity index (χ4n) is 3.39. The second-order valence-corrected chi connectivity index (χ2v) is 6.22. The van der Waals surface area contributed by atoms with Crippen LogP contribution < -0.4 is 5.73 Å². The molecule has 21 heavy (non-hydrogen) atoms. The van der Waals surface area contributed by atoms with Crippen molar-refractivity contribution in [1.29, 1.82) is 0 Å². The van der Waals surface area contributed by atoms with Gasteiger partial charge < -0.3 is 19.8 Å². The Morgan fingerprint density at radius 2 is 2.05 bits per heavy atom. The van der Waals surface area contributed by atoms with Crippen molar-refractivity contribution in [3.05, 3.63) is 24.2 Å². The lowest BCUT2D eigenvalue weighted by Crippen LogP contribution is -2.59. The molecule has 1 aliphatic heterocycles. The highest BCUT2D eigenvalue weighted by Gasteiger charge is 2.41. The van der Waals surface area contributed by atoms with Crippen molar-refractivity contribution in [2.45, 2.75) is 56.7 Å². The molecular weight excluding hydrogens is 268 g/mol. The standard InChI is InChI=1S/C16H24N2O3/c17-16(7-10-20-11-8-16)15(19)18(13-4-1-2-5-13)12-14-6-3-9-21-14/h3,6,9,13H,1-2,4-5,7-8,10-12,17H2. The topological polar surface area (TPSA) is 68.7 Å². The molecule has 0 atom stereocenters. The maximum atomic E-state index is 13.0. The van der Waals surface area contributed by atoms with Crippen molar-refractivity contribution in [1.82, 2.24) is 4.90 Å². The third kappa shape index (κ3) is 3.14. The van der Waals surface area contributed by atoms with Crippen LogP contribution >= 0.6 is 0 Å². The van der Waals surface area contributed by atoms with E-state index in [1.165, 1.54) is 12.8 Å². The minimum absolute atomic E-state index is 0.0640. The number of amides is 1. The number of hydrogen-bond donors (Lipinski definition) is 1. The van der Waals surface area contributed by atoms with Crippen molar-refractivity contribution in [3.8, 4) is 0 Å². The van der Waals surface area contributed by atoms with Gasteiger partial charge in [-0.25, -0.2) is 0 Å². The van der Waals surface area contributed by atoms with Crippen molar-refractivity contribution in [2.24, 2.45) is 5.73 Å². The molecule has 5 nitrogen and oxygen atoms in total. The molecule has 0 radical (unpaired) electrons. The number of carbonyl (C=O) groups is 1. The quantitative estimate of drug-likeness (QED) is 0.922. The molecule has 0 unspecified atom stereocenters. The van der Waals surface area contributed by atoms with Gasteiger partial charge in [-0.15, -0.1) is 0 Å². The predicted octanol–water partition coefficient (Wildman–Crippen LogP) is 2.06. The minimum atomic E-state index is -0.770. The fourth-order valence-corrected chi connectivity index (χ4v) is 3.39. The van der Waals surface area contributed by atoms with E-state index in [9.17, 15) is 4.79 Å². The highest BCUT2D eigenvalue weighted by Crippen LogP contribution is 2.29. The normalized spacial score (nSPS) is 22.3. The average Bonchev–Trinajstić information content (AvgIpc) is 3.18. The van der Waals surface area contributed by atoms with Crippen LogP contribution in [0.15, 0.2) is 22.8 Å². The zero-order valence-electron chi connectivity index (χ0n) is 12.4. The molecule has 2 fully saturated rings. The fraction of sp³-hybridized carbons (Fsp3) is 0.688. The van der Waals surface area contributed by atoms with Crippen LogP contribution in [0.2, 0.25) is 0 Å². The van der Waals surface area contributed by atoms with E-state index >= 15 is 0 Å². The summed E-state index contributed by atoms with van der Waals surface area (Å²) in [5.41, 5.74) is 5.63. The van der Waals surface area contributed by atoms with E-state index in [4.69, 9.17) is 14.9 Å². The molecule has 5 heteroatoms. The summed E-state index contributed by atoms with van der Waals surface area (Å²) < 4.78 is 10.8. The van der Waals surface area contributed by atoms with E-state index in [1.54, 1.807) is 6.26 Å². The molecule has 1 saturated heterocycles. The second kappa shape index (κ2) is 6.20. The first-order valence-corrected chi connectivity index (χ1v) is 7.89. The van der Waals surface area contributed by atoms with Gasteiger partial charge in [0.1, 0.15) is 5.76 Å². The number of nitrogens with zero attached hydrogens (tertiary/aromatic N) is 1. The lowest BCUT2D eigenvalue weighted by atomic mass is 9.89. The summed E-state index contributed by atoms with van der Waals surface area (Å²) in [4.78, 5) is 15.0. The van der Waals surface area contributed by atoms with Gasteiger partial charge in [-0.2, -0.15) is 0 Å². The third-order valence-corrected chi connectivity index (χ3v) is 4.74. The lowest BCUT2D eigenvalue weighted by Gasteiger charge is -2.39. The molecular formula is C16H24N2O3. The molecule has 0 spiro atoms. The monoisotopic (exact) mass is 292 g/mol. The van der Waals surface area contributed by atoms with E-state index in [1.807, 2.05) is 17.0 Å². The summed E-state index contributed by atoms with van der Waals surface area (Å²) in [7, 11) is 0. The number of rotatable bonds is 4. The summed E-state index contributed by atoms with van der Waals surface area (Å²) in [5.74, 6) is 0.889. The second-order valence-electron chi connectivity index (χ2n) is 6.22. The Kier molecular flexibility index (Phi) is 4.31. The molecule has 2 N–H and O–H groups in total. The van der Waals surface area contributed by atoms with Crippen molar-refractivity contribution < 1.29 is 13.9 Å². The molecule has 1 amide bonds. The Morgan fingerprint density at radius 3 is 2.67 bits per heavy atom. The molecule has 116 valence electrons. The largest absolute Gasteiger partial charge is 0.467 e. The molecule has 0 bridgehead atoms. The average molecular weight is 292 g/mol. The zero-order chi connectivity index (χ0) is 14.7. The number of carbonyl (C=O) groups excluding carboxylic acids is 1. The summed E-state index contributed by atoms with van der Waals surface area (Å²) in [6.07, 6.45) is 7.37. The van der Waals surface area contributed by atoms with Crippen LogP contribution in [-0.4, -0.2) is 35.6 Å². The molecule has 1 aliphatic carbocycles. The number of ether oxygens (including phenoxy) is 1. The Labute approximate surface area is 125 Å². The predicted molar refractivity (Wildman–Crippen MR) is 78.5 cm³/mol. The van der Waals surface area contributed by atoms with Gasteiger partial charge in [-0.1, -0.05) is 12.8 Å². The highest BCUT2D eigenvalue weighted by molar-refractivity contribution is 5.86. The van der Waals surface area contributed by atoms with Crippen LogP contribution in [0.5, 0.6) is 0 Å². The van der Waals surface area contributed by atoms with Gasteiger partial charge in [0, 0.05) is 19.3 Å². The van der Waals surface area contributed by atoms with Crippen LogP contribution in [-0.2, 0) is 16.1 Å². The summed E-state index contributed by atoms with van der Waals surface area (Å²) in [6.45, 7) is 1.67. The Morgan fingerprint density at radius 1 is 1.33 bits per heavy atom. The molecule has 1 saturated carbocycles. The number of furan rings is 1. The van der Waals surface area contributed by atoms with Crippen LogP contribution in [0.1, 0.15) is 44.3 Å². The molecule has 2 heterocycles. The van der Waals surface area contributed by atoms with Gasteiger partial charge in [0.15, 0.2) is 0 Å². The SMILES string of the molecule is NC1(C(=O)N(Cc2ccco2)C2CCCC2)CCOCC1. The van der Waals surface area contributed by atoms with Gasteiger partial charge in [-0.05, 0) is 37.8 Å². The van der Waals surface area contributed by atoms with Crippen LogP contribution in [0.4, 0.5) is 0 Å². The van der Waals surface area contributed by atoms with Gasteiger partial charge in [0.05, 0.1) is 18.3 Å². The molecule has 1 aromatic heterocycles. The minimum Gasteiger partial charge on any atom is -0.467 e. The molecule has 2 aliphatic rings. The zero-order valence-corrected chi connectivity index (χ0v) is 12.4. The lowest BCUT2D eigenvalue weighted by molar-refractivity contribution is -0.144. The molecule has 1 aromatic rings. The summed E-state index contributed by atoms with van der Waals surface area (Å²) >= 11 is 0. The molecule has 3 rings (SSSR count). The molecule has 0 aromatic carbocycles. The summed E-state index contributed by atoms with van der Waals surface area (Å²) in [5, 5.41) is 0.